The van der Waals surface area contributed by atoms with Crippen LogP contribution in [0, 0.1) is 23.7 Å². The van der Waals surface area contributed by atoms with Crippen molar-refractivity contribution in [2.24, 2.45) is 23.7 Å². The van der Waals surface area contributed by atoms with Gasteiger partial charge in [0, 0.05) is 13.2 Å². The van der Waals surface area contributed by atoms with Crippen molar-refractivity contribution in [1.29, 1.82) is 0 Å². The molecule has 0 amide bonds. The summed E-state index contributed by atoms with van der Waals surface area (Å²) in [6.07, 6.45) is 27.2. The normalized spacial score (nSPS) is 22.7. The Kier molecular flexibility index (Phi) is 23.7. The molecule has 0 atom stereocenters. The van der Waals surface area contributed by atoms with Gasteiger partial charge in [-0.25, -0.2) is 0 Å². The number of aliphatic hydroxyl groups excluding tert-OH is 1. The van der Waals surface area contributed by atoms with Gasteiger partial charge in [-0.3, -0.25) is 4.79 Å². The Balaban J connectivity index is 1.37. The maximum Gasteiger partial charge on any atom is 0.308 e. The van der Waals surface area contributed by atoms with Crippen LogP contribution in [0.25, 0.3) is 0 Å². The summed E-state index contributed by atoms with van der Waals surface area (Å²) in [6.45, 7) is 10.1. The molecule has 2 aliphatic carbocycles. The number of nitrogens with zero attached hydrogens (tertiary/aromatic N) is 1. The minimum atomic E-state index is 0.0415. The van der Waals surface area contributed by atoms with Crippen molar-refractivity contribution >= 4 is 5.97 Å². The Hall–Kier alpha value is -0.690. The van der Waals surface area contributed by atoms with E-state index in [0.29, 0.717) is 13.4 Å². The molecule has 6 nitrogen and oxygen atoms in total. The predicted octanol–water partition coefficient (Wildman–Crippen LogP) is 8.93. The lowest BCUT2D eigenvalue weighted by molar-refractivity contribution is -0.150. The molecule has 0 radical (unpaired) electrons. The summed E-state index contributed by atoms with van der Waals surface area (Å²) >= 11 is 0. The van der Waals surface area contributed by atoms with Crippen molar-refractivity contribution in [2.45, 2.75) is 155 Å². The fraction of sp³-hybridized carbons (Fsp3) is 0.973. The highest BCUT2D eigenvalue weighted by molar-refractivity contribution is 5.72. The molecule has 2 saturated carbocycles. The zero-order valence-corrected chi connectivity index (χ0v) is 28.6. The summed E-state index contributed by atoms with van der Waals surface area (Å²) < 4.78 is 17.2. The Morgan fingerprint density at radius 3 is 1.77 bits per heavy atom. The molecule has 0 heterocycles. The fourth-order valence-corrected chi connectivity index (χ4v) is 7.17. The molecule has 0 aromatic carbocycles. The van der Waals surface area contributed by atoms with E-state index in [1.807, 2.05) is 0 Å². The van der Waals surface area contributed by atoms with Crippen molar-refractivity contribution in [1.82, 2.24) is 4.90 Å². The lowest BCUT2D eigenvalue weighted by Crippen LogP contribution is -2.29. The zero-order chi connectivity index (χ0) is 30.8. The molecule has 2 fully saturated rings. The van der Waals surface area contributed by atoms with Crippen LogP contribution in [-0.4, -0.2) is 68.8 Å². The second kappa shape index (κ2) is 26.5. The van der Waals surface area contributed by atoms with Gasteiger partial charge in [0.2, 0.25) is 0 Å². The second-order valence-electron chi connectivity index (χ2n) is 13.8. The van der Waals surface area contributed by atoms with Gasteiger partial charge in [0.1, 0.15) is 6.79 Å². The lowest BCUT2D eigenvalue weighted by atomic mass is 9.80. The maximum absolute atomic E-state index is 12.5. The van der Waals surface area contributed by atoms with Crippen LogP contribution >= 0.6 is 0 Å². The summed E-state index contributed by atoms with van der Waals surface area (Å²) in [4.78, 5) is 14.8. The van der Waals surface area contributed by atoms with E-state index in [1.54, 1.807) is 0 Å². The standard InChI is InChI=1S/C37H71NO5/c1-3-5-9-15-33-17-19-35(20-18-33)31-42-32-41-29-13-7-11-25-38(27-28-39)26-12-8-14-30-43-37(40)36-23-21-34(22-24-36)16-10-6-4-2/h33-36,39H,3-32H2,1-2H3. The number of rotatable bonds is 27. The number of ether oxygens (including phenoxy) is 3. The molecular formula is C37H71NO5. The third-order valence-electron chi connectivity index (χ3n) is 10.1. The van der Waals surface area contributed by atoms with Crippen LogP contribution in [0.1, 0.15) is 155 Å². The molecule has 0 saturated heterocycles. The van der Waals surface area contributed by atoms with Crippen LogP contribution in [0.4, 0.5) is 0 Å². The van der Waals surface area contributed by atoms with Gasteiger partial charge in [-0.05, 0) is 108 Å². The van der Waals surface area contributed by atoms with Crippen LogP contribution in [0.15, 0.2) is 0 Å². The molecule has 0 aromatic rings. The Morgan fingerprint density at radius 2 is 1.19 bits per heavy atom. The molecule has 43 heavy (non-hydrogen) atoms. The van der Waals surface area contributed by atoms with E-state index >= 15 is 0 Å². The van der Waals surface area contributed by atoms with E-state index in [4.69, 9.17) is 14.2 Å². The van der Waals surface area contributed by atoms with Gasteiger partial charge < -0.3 is 24.2 Å². The molecule has 0 aromatic heterocycles. The van der Waals surface area contributed by atoms with Gasteiger partial charge in [-0.1, -0.05) is 78.1 Å². The van der Waals surface area contributed by atoms with E-state index < -0.39 is 0 Å². The molecule has 254 valence electrons. The molecule has 0 spiro atoms. The van der Waals surface area contributed by atoms with E-state index in [2.05, 4.69) is 18.7 Å². The number of carbonyl (C=O) groups is 1. The van der Waals surface area contributed by atoms with Gasteiger partial charge in [-0.2, -0.15) is 0 Å². The molecule has 0 bridgehead atoms. The Bertz CT molecular complexity index is 630. The second-order valence-corrected chi connectivity index (χ2v) is 13.8. The van der Waals surface area contributed by atoms with E-state index in [-0.39, 0.29) is 18.5 Å². The van der Waals surface area contributed by atoms with E-state index in [9.17, 15) is 9.90 Å². The average Bonchev–Trinajstić information content (AvgIpc) is 3.03. The smallest absolute Gasteiger partial charge is 0.308 e. The quantitative estimate of drug-likeness (QED) is 0.0570. The van der Waals surface area contributed by atoms with Gasteiger partial charge >= 0.3 is 5.97 Å². The minimum absolute atomic E-state index is 0.0415. The highest BCUT2D eigenvalue weighted by atomic mass is 16.7. The third-order valence-corrected chi connectivity index (χ3v) is 10.1. The first-order valence-corrected chi connectivity index (χ1v) is 18.8. The molecule has 2 rings (SSSR count). The molecule has 2 aliphatic rings. The summed E-state index contributed by atoms with van der Waals surface area (Å²) in [7, 11) is 0. The van der Waals surface area contributed by atoms with Gasteiger partial charge in [0.05, 0.1) is 25.7 Å². The van der Waals surface area contributed by atoms with Crippen LogP contribution in [0.2, 0.25) is 0 Å². The van der Waals surface area contributed by atoms with E-state index in [1.165, 1.54) is 89.9 Å². The van der Waals surface area contributed by atoms with Gasteiger partial charge in [0.25, 0.3) is 0 Å². The van der Waals surface area contributed by atoms with Crippen LogP contribution < -0.4 is 0 Å². The average molecular weight is 610 g/mol. The minimum Gasteiger partial charge on any atom is -0.465 e. The molecule has 6 heteroatoms. The molecule has 1 N–H and O–H groups in total. The summed E-state index contributed by atoms with van der Waals surface area (Å²) in [5, 5.41) is 9.47. The number of hydrogen-bond acceptors (Lipinski definition) is 6. The largest absolute Gasteiger partial charge is 0.465 e. The van der Waals surface area contributed by atoms with Crippen molar-refractivity contribution in [3.8, 4) is 0 Å². The SMILES string of the molecule is CCCCCC1CCC(COCOCCCCCN(CCO)CCCCCOC(=O)C2CCC(CCCCC)CC2)CC1. The monoisotopic (exact) mass is 610 g/mol. The number of hydrogen-bond donors (Lipinski definition) is 1. The van der Waals surface area contributed by atoms with Crippen LogP contribution in [0.5, 0.6) is 0 Å². The number of aliphatic hydroxyl groups is 1. The first-order chi connectivity index (χ1) is 21.2. The van der Waals surface area contributed by atoms with Gasteiger partial charge in [-0.15, -0.1) is 0 Å². The molecular weight excluding hydrogens is 538 g/mol. The Labute approximate surface area is 266 Å². The van der Waals surface area contributed by atoms with E-state index in [0.717, 1.165) is 102 Å². The topological polar surface area (TPSA) is 68.2 Å². The number of unbranched alkanes of at least 4 members (excludes halogenated alkanes) is 8. The fourth-order valence-electron chi connectivity index (χ4n) is 7.17. The first-order valence-electron chi connectivity index (χ1n) is 18.8. The van der Waals surface area contributed by atoms with Crippen LogP contribution in [-0.2, 0) is 19.0 Å². The Morgan fingerprint density at radius 1 is 0.628 bits per heavy atom. The highest BCUT2D eigenvalue weighted by Gasteiger charge is 2.27. The van der Waals surface area contributed by atoms with Crippen molar-refractivity contribution in [2.75, 3.05) is 52.9 Å². The van der Waals surface area contributed by atoms with Crippen molar-refractivity contribution < 1.29 is 24.1 Å². The maximum atomic E-state index is 12.5. The summed E-state index contributed by atoms with van der Waals surface area (Å²) in [5.41, 5.74) is 0. The van der Waals surface area contributed by atoms with Crippen molar-refractivity contribution in [3.05, 3.63) is 0 Å². The first kappa shape index (κ1) is 38.5. The van der Waals surface area contributed by atoms with Crippen LogP contribution in [0.3, 0.4) is 0 Å². The lowest BCUT2D eigenvalue weighted by Gasteiger charge is -2.28. The predicted molar refractivity (Wildman–Crippen MR) is 178 cm³/mol. The number of esters is 1. The van der Waals surface area contributed by atoms with Crippen molar-refractivity contribution in [3.63, 3.8) is 0 Å². The molecule has 0 aliphatic heterocycles. The molecule has 0 unspecified atom stereocenters. The zero-order valence-electron chi connectivity index (χ0n) is 28.6. The number of carbonyl (C=O) groups excluding carboxylic acids is 1. The summed E-state index contributed by atoms with van der Waals surface area (Å²) in [5.74, 6) is 2.70. The van der Waals surface area contributed by atoms with Gasteiger partial charge in [0.15, 0.2) is 0 Å². The third kappa shape index (κ3) is 19.4. The highest BCUT2D eigenvalue weighted by Crippen LogP contribution is 2.33. The summed E-state index contributed by atoms with van der Waals surface area (Å²) in [6, 6.07) is 0.